The zero-order chi connectivity index (χ0) is 23.1. The molecule has 2 aliphatic rings. The van der Waals surface area contributed by atoms with E-state index in [-0.39, 0.29) is 17.4 Å². The number of amides is 1. The van der Waals surface area contributed by atoms with Crippen LogP contribution in [-0.4, -0.2) is 40.4 Å². The number of aromatic amines is 1. The number of aromatic nitrogens is 2. The molecule has 0 radical (unpaired) electrons. The number of piperidine rings is 1. The second-order valence-corrected chi connectivity index (χ2v) is 10.0. The van der Waals surface area contributed by atoms with Gasteiger partial charge in [0.05, 0.1) is 11.4 Å². The Morgan fingerprint density at radius 3 is 2.68 bits per heavy atom. The maximum absolute atomic E-state index is 13.4. The van der Waals surface area contributed by atoms with Crippen molar-refractivity contribution in [1.29, 1.82) is 0 Å². The van der Waals surface area contributed by atoms with Crippen LogP contribution in [0.15, 0.2) is 64.8 Å². The smallest absolute Gasteiger partial charge is 0.270 e. The highest BCUT2D eigenvalue weighted by molar-refractivity contribution is 7.17. The number of nitrogens with zero attached hydrogens (tertiary/aromatic N) is 3. The Morgan fingerprint density at radius 1 is 1.03 bits per heavy atom. The monoisotopic (exact) mass is 470 g/mol. The Kier molecular flexibility index (Phi) is 5.41. The summed E-state index contributed by atoms with van der Waals surface area (Å²) >= 11 is 1.42. The lowest BCUT2D eigenvalue weighted by Gasteiger charge is -2.37. The van der Waals surface area contributed by atoms with E-state index in [2.05, 4.69) is 28.1 Å². The van der Waals surface area contributed by atoms with Crippen LogP contribution in [0.4, 0.5) is 5.95 Å². The Hall–Kier alpha value is -3.45. The molecule has 1 amide bonds. The molecule has 4 aromatic rings. The molecule has 1 fully saturated rings. The minimum Gasteiger partial charge on any atom is -0.342 e. The van der Waals surface area contributed by atoms with Gasteiger partial charge in [-0.05, 0) is 36.0 Å². The maximum Gasteiger partial charge on any atom is 0.270 e. The number of hydrogen-bond acceptors (Lipinski definition) is 5. The molecule has 2 aromatic carbocycles. The van der Waals surface area contributed by atoms with Gasteiger partial charge in [0, 0.05) is 37.1 Å². The maximum atomic E-state index is 13.4. The average molecular weight is 471 g/mol. The Bertz CT molecular complexity index is 1410. The first-order valence-electron chi connectivity index (χ1n) is 11.8. The number of hydrogen-bond donors (Lipinski definition) is 1. The molecule has 7 heteroatoms. The molecule has 0 aliphatic carbocycles. The normalized spacial score (nSPS) is 18.2. The number of benzene rings is 2. The van der Waals surface area contributed by atoms with Gasteiger partial charge >= 0.3 is 0 Å². The van der Waals surface area contributed by atoms with Crippen LogP contribution >= 0.6 is 11.3 Å². The van der Waals surface area contributed by atoms with Gasteiger partial charge in [0.2, 0.25) is 11.9 Å². The largest absolute Gasteiger partial charge is 0.342 e. The van der Waals surface area contributed by atoms with E-state index in [1.807, 2.05) is 46.7 Å². The summed E-state index contributed by atoms with van der Waals surface area (Å²) < 4.78 is 0.638. The molecule has 2 aromatic heterocycles. The first kappa shape index (κ1) is 21.1. The predicted octanol–water partition coefficient (Wildman–Crippen LogP) is 4.45. The molecule has 0 spiro atoms. The third-order valence-corrected chi connectivity index (χ3v) is 7.98. The van der Waals surface area contributed by atoms with Crippen LogP contribution in [0.2, 0.25) is 0 Å². The summed E-state index contributed by atoms with van der Waals surface area (Å²) in [4.78, 5) is 38.3. The number of rotatable bonds is 3. The lowest BCUT2D eigenvalue weighted by atomic mass is 9.94. The van der Waals surface area contributed by atoms with Crippen LogP contribution in [0.5, 0.6) is 0 Å². The summed E-state index contributed by atoms with van der Waals surface area (Å²) in [6, 6.07) is 18.4. The van der Waals surface area contributed by atoms with Crippen LogP contribution < -0.4 is 10.5 Å². The van der Waals surface area contributed by atoms with Crippen molar-refractivity contribution in [3.05, 3.63) is 81.5 Å². The molecule has 1 saturated heterocycles. The third-order valence-electron chi connectivity index (χ3n) is 7.01. The summed E-state index contributed by atoms with van der Waals surface area (Å²) in [7, 11) is 0. The first-order chi connectivity index (χ1) is 16.7. The molecule has 34 heavy (non-hydrogen) atoms. The third kappa shape index (κ3) is 3.80. The highest BCUT2D eigenvalue weighted by Crippen LogP contribution is 2.32. The van der Waals surface area contributed by atoms with Gasteiger partial charge in [-0.3, -0.25) is 14.6 Å². The van der Waals surface area contributed by atoms with Crippen molar-refractivity contribution >= 4 is 33.4 Å². The van der Waals surface area contributed by atoms with Gasteiger partial charge in [-0.25, -0.2) is 4.98 Å². The number of H-pyrrole nitrogens is 1. The second kappa shape index (κ2) is 8.72. The Morgan fingerprint density at radius 2 is 1.82 bits per heavy atom. The molecule has 1 atom stereocenters. The van der Waals surface area contributed by atoms with Gasteiger partial charge in [0.1, 0.15) is 4.70 Å². The van der Waals surface area contributed by atoms with Gasteiger partial charge in [-0.1, -0.05) is 54.6 Å². The van der Waals surface area contributed by atoms with Gasteiger partial charge in [-0.2, -0.15) is 0 Å². The lowest BCUT2D eigenvalue weighted by Crippen LogP contribution is -2.47. The summed E-state index contributed by atoms with van der Waals surface area (Å²) in [5.74, 6) is 0.689. The predicted molar refractivity (Wildman–Crippen MR) is 136 cm³/mol. The van der Waals surface area contributed by atoms with Gasteiger partial charge in [0.15, 0.2) is 0 Å². The van der Waals surface area contributed by atoms with Crippen LogP contribution in [-0.2, 0) is 17.8 Å². The average Bonchev–Trinajstić information content (AvgIpc) is 3.33. The van der Waals surface area contributed by atoms with Crippen molar-refractivity contribution in [3.63, 3.8) is 0 Å². The van der Waals surface area contributed by atoms with Crippen molar-refractivity contribution in [2.45, 2.75) is 25.8 Å². The fourth-order valence-electron chi connectivity index (χ4n) is 5.20. The van der Waals surface area contributed by atoms with Gasteiger partial charge in [-0.15, -0.1) is 11.3 Å². The Balaban J connectivity index is 1.26. The van der Waals surface area contributed by atoms with E-state index in [9.17, 15) is 9.59 Å². The topological polar surface area (TPSA) is 69.3 Å². The first-order valence-corrected chi connectivity index (χ1v) is 12.7. The fourth-order valence-corrected chi connectivity index (χ4v) is 6.11. The molecule has 1 N–H and O–H groups in total. The second-order valence-electron chi connectivity index (χ2n) is 9.15. The van der Waals surface area contributed by atoms with Crippen LogP contribution in [0, 0.1) is 5.92 Å². The SMILES string of the molecule is O=C(C1CCCN(c2nc3c(-c4ccccc4)csc3c(=O)[nH]2)C1)N1CCc2ccccc2C1. The molecule has 4 heterocycles. The Labute approximate surface area is 201 Å². The van der Waals surface area contributed by atoms with Crippen molar-refractivity contribution in [2.24, 2.45) is 5.92 Å². The van der Waals surface area contributed by atoms with Crippen molar-refractivity contribution in [2.75, 3.05) is 24.5 Å². The van der Waals surface area contributed by atoms with E-state index >= 15 is 0 Å². The van der Waals surface area contributed by atoms with E-state index in [0.717, 1.165) is 49.0 Å². The molecule has 6 nitrogen and oxygen atoms in total. The van der Waals surface area contributed by atoms with Crippen molar-refractivity contribution in [1.82, 2.24) is 14.9 Å². The van der Waals surface area contributed by atoms with Gasteiger partial charge < -0.3 is 9.80 Å². The van der Waals surface area contributed by atoms with Crippen LogP contribution in [0.1, 0.15) is 24.0 Å². The van der Waals surface area contributed by atoms with E-state index in [1.165, 1.54) is 22.5 Å². The molecule has 172 valence electrons. The highest BCUT2D eigenvalue weighted by atomic mass is 32.1. The van der Waals surface area contributed by atoms with Crippen molar-refractivity contribution < 1.29 is 4.79 Å². The van der Waals surface area contributed by atoms with Crippen LogP contribution in [0.3, 0.4) is 0 Å². The number of carbonyl (C=O) groups is 1. The molecule has 0 bridgehead atoms. The molecular formula is C27H26N4O2S. The van der Waals surface area contributed by atoms with Gasteiger partial charge in [0.25, 0.3) is 5.56 Å². The summed E-state index contributed by atoms with van der Waals surface area (Å²) in [5.41, 5.74) is 5.23. The van der Waals surface area contributed by atoms with Crippen molar-refractivity contribution in [3.8, 4) is 11.1 Å². The molecule has 2 aliphatic heterocycles. The number of thiophene rings is 1. The number of carbonyl (C=O) groups excluding carboxylic acids is 1. The van der Waals surface area contributed by atoms with E-state index in [1.54, 1.807) is 0 Å². The zero-order valence-electron chi connectivity index (χ0n) is 18.9. The zero-order valence-corrected chi connectivity index (χ0v) is 19.7. The lowest BCUT2D eigenvalue weighted by molar-refractivity contribution is -0.136. The van der Waals surface area contributed by atoms with Crippen LogP contribution in [0.25, 0.3) is 21.3 Å². The van der Waals surface area contributed by atoms with E-state index in [0.29, 0.717) is 23.7 Å². The molecular weight excluding hydrogens is 444 g/mol. The fraction of sp³-hybridized carbons (Fsp3) is 0.296. The number of anilines is 1. The number of nitrogens with one attached hydrogen (secondary N) is 1. The summed E-state index contributed by atoms with van der Waals surface area (Å²) in [5, 5.41) is 2.00. The van der Waals surface area contributed by atoms with E-state index in [4.69, 9.17) is 4.98 Å². The minimum absolute atomic E-state index is 0.0870. The number of fused-ring (bicyclic) bond motifs is 2. The quantitative estimate of drug-likeness (QED) is 0.480. The molecule has 0 saturated carbocycles. The molecule has 6 rings (SSSR count). The summed E-state index contributed by atoms with van der Waals surface area (Å²) in [6.45, 7) is 2.81. The summed E-state index contributed by atoms with van der Waals surface area (Å²) in [6.07, 6.45) is 2.68. The minimum atomic E-state index is -0.117. The standard InChI is InChI=1S/C27H26N4O2S/c32-25-24-23(22(17-34-24)19-8-2-1-3-9-19)28-27(29-25)31-13-6-11-21(16-31)26(33)30-14-12-18-7-4-5-10-20(18)15-30/h1-5,7-10,17,21H,6,11-16H2,(H,28,29,32). The van der Waals surface area contributed by atoms with E-state index < -0.39 is 0 Å². The molecule has 1 unspecified atom stereocenters. The highest BCUT2D eigenvalue weighted by Gasteiger charge is 2.32.